The maximum atomic E-state index is 11.1. The first-order valence-corrected chi connectivity index (χ1v) is 8.72. The zero-order valence-corrected chi connectivity index (χ0v) is 14.0. The standard InChI is InChI=1S/C19H30N2O/c1-20(2)12-11-19(22)13-17-9-6-10-18(14-19)21(17)15-16-7-4-3-5-8-16/h3-5,7-8,17-18,22H,6,9-15H2,1-2H3. The van der Waals surface area contributed by atoms with E-state index in [1.54, 1.807) is 0 Å². The van der Waals surface area contributed by atoms with Gasteiger partial charge in [-0.1, -0.05) is 36.8 Å². The Labute approximate surface area is 134 Å². The van der Waals surface area contributed by atoms with E-state index in [-0.39, 0.29) is 0 Å². The maximum Gasteiger partial charge on any atom is 0.0689 e. The lowest BCUT2D eigenvalue weighted by Gasteiger charge is -2.52. The van der Waals surface area contributed by atoms with Crippen LogP contribution in [0.15, 0.2) is 30.3 Å². The molecule has 0 aromatic heterocycles. The molecule has 2 aliphatic heterocycles. The maximum absolute atomic E-state index is 11.1. The van der Waals surface area contributed by atoms with Crippen LogP contribution in [0.4, 0.5) is 0 Å². The van der Waals surface area contributed by atoms with Crippen LogP contribution < -0.4 is 0 Å². The van der Waals surface area contributed by atoms with E-state index in [2.05, 4.69) is 54.2 Å². The summed E-state index contributed by atoms with van der Waals surface area (Å²) in [5.41, 5.74) is 0.950. The van der Waals surface area contributed by atoms with E-state index in [9.17, 15) is 5.11 Å². The number of hydrogen-bond donors (Lipinski definition) is 1. The van der Waals surface area contributed by atoms with Gasteiger partial charge in [-0.2, -0.15) is 0 Å². The molecule has 1 aromatic carbocycles. The highest BCUT2D eigenvalue weighted by atomic mass is 16.3. The Morgan fingerprint density at radius 2 is 1.77 bits per heavy atom. The van der Waals surface area contributed by atoms with Gasteiger partial charge in [0.15, 0.2) is 0 Å². The van der Waals surface area contributed by atoms with Gasteiger partial charge in [-0.15, -0.1) is 0 Å². The molecule has 22 heavy (non-hydrogen) atoms. The summed E-state index contributed by atoms with van der Waals surface area (Å²) < 4.78 is 0. The lowest BCUT2D eigenvalue weighted by atomic mass is 9.74. The third-order valence-corrected chi connectivity index (χ3v) is 5.48. The predicted molar refractivity (Wildman–Crippen MR) is 90.8 cm³/mol. The van der Waals surface area contributed by atoms with Gasteiger partial charge in [0.25, 0.3) is 0 Å². The lowest BCUT2D eigenvalue weighted by molar-refractivity contribution is -0.101. The second-order valence-corrected chi connectivity index (χ2v) is 7.58. The minimum Gasteiger partial charge on any atom is -0.390 e. The van der Waals surface area contributed by atoms with E-state index < -0.39 is 5.60 Å². The topological polar surface area (TPSA) is 26.7 Å². The largest absolute Gasteiger partial charge is 0.390 e. The number of benzene rings is 1. The number of aliphatic hydroxyl groups is 1. The molecule has 1 N–H and O–H groups in total. The average molecular weight is 302 g/mol. The molecule has 2 heterocycles. The van der Waals surface area contributed by atoms with Gasteiger partial charge >= 0.3 is 0 Å². The Kier molecular flexibility index (Phi) is 4.86. The lowest BCUT2D eigenvalue weighted by Crippen LogP contribution is -2.57. The fourth-order valence-corrected chi connectivity index (χ4v) is 4.31. The minimum atomic E-state index is -0.451. The Morgan fingerprint density at radius 3 is 2.36 bits per heavy atom. The van der Waals surface area contributed by atoms with Crippen molar-refractivity contribution in [2.45, 2.75) is 62.8 Å². The molecular formula is C19H30N2O. The zero-order valence-electron chi connectivity index (χ0n) is 14.0. The van der Waals surface area contributed by atoms with Crippen molar-refractivity contribution in [2.24, 2.45) is 0 Å². The molecule has 0 aliphatic carbocycles. The van der Waals surface area contributed by atoms with E-state index in [4.69, 9.17) is 0 Å². The van der Waals surface area contributed by atoms with Gasteiger partial charge in [0.2, 0.25) is 0 Å². The van der Waals surface area contributed by atoms with Crippen LogP contribution in [0.5, 0.6) is 0 Å². The highest BCUT2D eigenvalue weighted by Gasteiger charge is 2.44. The highest BCUT2D eigenvalue weighted by Crippen LogP contribution is 2.41. The first-order valence-electron chi connectivity index (χ1n) is 8.72. The minimum absolute atomic E-state index is 0.451. The van der Waals surface area contributed by atoms with Crippen LogP contribution in [0.3, 0.4) is 0 Å². The fourth-order valence-electron chi connectivity index (χ4n) is 4.31. The van der Waals surface area contributed by atoms with Crippen LogP contribution in [0.25, 0.3) is 0 Å². The second kappa shape index (κ2) is 6.69. The number of rotatable bonds is 5. The van der Waals surface area contributed by atoms with Crippen LogP contribution in [0.1, 0.15) is 44.1 Å². The van der Waals surface area contributed by atoms with Crippen LogP contribution in [-0.4, -0.2) is 53.2 Å². The summed E-state index contributed by atoms with van der Waals surface area (Å²) in [7, 11) is 4.18. The van der Waals surface area contributed by atoms with Gasteiger partial charge in [-0.25, -0.2) is 0 Å². The SMILES string of the molecule is CN(C)CCC1(O)CC2CCCC(C1)N2Cc1ccccc1. The molecule has 2 atom stereocenters. The molecule has 0 spiro atoms. The van der Waals surface area contributed by atoms with E-state index in [1.807, 2.05) is 0 Å². The highest BCUT2D eigenvalue weighted by molar-refractivity contribution is 5.15. The van der Waals surface area contributed by atoms with Gasteiger partial charge in [0.1, 0.15) is 0 Å². The third-order valence-electron chi connectivity index (χ3n) is 5.48. The number of fused-ring (bicyclic) bond motifs is 2. The molecule has 122 valence electrons. The quantitative estimate of drug-likeness (QED) is 0.906. The Morgan fingerprint density at radius 1 is 1.14 bits per heavy atom. The molecule has 0 amide bonds. The monoisotopic (exact) mass is 302 g/mol. The van der Waals surface area contributed by atoms with E-state index >= 15 is 0 Å². The summed E-state index contributed by atoms with van der Waals surface area (Å²) >= 11 is 0. The van der Waals surface area contributed by atoms with Crippen LogP contribution in [0.2, 0.25) is 0 Å². The van der Waals surface area contributed by atoms with Crippen molar-refractivity contribution in [3.8, 4) is 0 Å². The van der Waals surface area contributed by atoms with Gasteiger partial charge < -0.3 is 10.0 Å². The molecule has 3 nitrogen and oxygen atoms in total. The molecule has 2 unspecified atom stereocenters. The fraction of sp³-hybridized carbons (Fsp3) is 0.684. The summed E-state index contributed by atoms with van der Waals surface area (Å²) in [5, 5.41) is 11.1. The Hall–Kier alpha value is -0.900. The summed E-state index contributed by atoms with van der Waals surface area (Å²) in [5.74, 6) is 0. The molecule has 2 saturated heterocycles. The summed E-state index contributed by atoms with van der Waals surface area (Å²) in [6.07, 6.45) is 6.62. The average Bonchev–Trinajstić information content (AvgIpc) is 2.48. The van der Waals surface area contributed by atoms with Crippen molar-refractivity contribution >= 4 is 0 Å². The van der Waals surface area contributed by atoms with E-state index in [0.717, 1.165) is 32.4 Å². The van der Waals surface area contributed by atoms with Crippen molar-refractivity contribution in [2.75, 3.05) is 20.6 Å². The molecule has 2 fully saturated rings. The van der Waals surface area contributed by atoms with Crippen LogP contribution in [0, 0.1) is 0 Å². The molecule has 2 bridgehead atoms. The van der Waals surface area contributed by atoms with E-state index in [0.29, 0.717) is 12.1 Å². The predicted octanol–water partition coefficient (Wildman–Crippen LogP) is 2.89. The van der Waals surface area contributed by atoms with Crippen molar-refractivity contribution in [3.05, 3.63) is 35.9 Å². The Bertz CT molecular complexity index is 460. The van der Waals surface area contributed by atoms with Crippen molar-refractivity contribution in [3.63, 3.8) is 0 Å². The second-order valence-electron chi connectivity index (χ2n) is 7.58. The third kappa shape index (κ3) is 3.70. The molecule has 0 saturated carbocycles. The van der Waals surface area contributed by atoms with Crippen molar-refractivity contribution < 1.29 is 5.11 Å². The number of nitrogens with zero attached hydrogens (tertiary/aromatic N) is 2. The van der Waals surface area contributed by atoms with Crippen molar-refractivity contribution in [1.29, 1.82) is 0 Å². The summed E-state index contributed by atoms with van der Waals surface area (Å²) in [4.78, 5) is 4.85. The van der Waals surface area contributed by atoms with Gasteiger partial charge in [-0.05, 0) is 51.8 Å². The molecule has 0 radical (unpaired) electrons. The van der Waals surface area contributed by atoms with Gasteiger partial charge in [-0.3, -0.25) is 4.90 Å². The zero-order chi connectivity index (χ0) is 15.6. The van der Waals surface area contributed by atoms with Crippen LogP contribution in [-0.2, 0) is 6.54 Å². The molecule has 3 rings (SSSR count). The first-order chi connectivity index (χ1) is 10.6. The molecule has 1 aromatic rings. The molecule has 2 aliphatic rings. The summed E-state index contributed by atoms with van der Waals surface area (Å²) in [6, 6.07) is 11.9. The molecule has 3 heteroatoms. The normalized spacial score (nSPS) is 32.4. The van der Waals surface area contributed by atoms with Gasteiger partial charge in [0.05, 0.1) is 5.60 Å². The number of piperidine rings is 2. The van der Waals surface area contributed by atoms with E-state index in [1.165, 1.54) is 24.8 Å². The van der Waals surface area contributed by atoms with Crippen molar-refractivity contribution in [1.82, 2.24) is 9.80 Å². The summed E-state index contributed by atoms with van der Waals surface area (Å²) in [6.45, 7) is 2.02. The first kappa shape index (κ1) is 16.0. The molecular weight excluding hydrogens is 272 g/mol. The smallest absolute Gasteiger partial charge is 0.0689 e. The van der Waals surface area contributed by atoms with Gasteiger partial charge in [0, 0.05) is 25.2 Å². The Balaban J connectivity index is 1.68. The van der Waals surface area contributed by atoms with Crippen LogP contribution >= 0.6 is 0 Å². The number of hydrogen-bond acceptors (Lipinski definition) is 3.